The lowest BCUT2D eigenvalue weighted by Gasteiger charge is -2.43. The van der Waals surface area contributed by atoms with Gasteiger partial charge in [0.15, 0.2) is 0 Å². The topological polar surface area (TPSA) is 90.7 Å². The molecule has 0 aromatic heterocycles. The highest BCUT2D eigenvalue weighted by molar-refractivity contribution is 6.99. The van der Waals surface area contributed by atoms with Crippen molar-refractivity contribution in [2.24, 2.45) is 5.73 Å². The SMILES string of the molecule is CNC(=O)[C@H](CO[Si](c1ccccc1)(c1ccccc1)C(C)(C)C)OC(N)=O. The van der Waals surface area contributed by atoms with Crippen LogP contribution in [0, 0.1) is 0 Å². The molecule has 0 aliphatic carbocycles. The minimum atomic E-state index is -2.83. The van der Waals surface area contributed by atoms with Crippen LogP contribution in [-0.4, -0.2) is 40.1 Å². The zero-order valence-electron chi connectivity index (χ0n) is 16.8. The summed E-state index contributed by atoms with van der Waals surface area (Å²) in [7, 11) is -1.36. The molecule has 0 bridgehead atoms. The van der Waals surface area contributed by atoms with E-state index in [-0.39, 0.29) is 11.6 Å². The molecule has 0 spiro atoms. The number of hydrogen-bond donors (Lipinski definition) is 2. The van der Waals surface area contributed by atoms with Gasteiger partial charge in [0.2, 0.25) is 6.10 Å². The quantitative estimate of drug-likeness (QED) is 0.693. The van der Waals surface area contributed by atoms with Gasteiger partial charge in [0.25, 0.3) is 14.2 Å². The van der Waals surface area contributed by atoms with Crippen molar-refractivity contribution in [3.05, 3.63) is 60.7 Å². The molecule has 2 aromatic carbocycles. The van der Waals surface area contributed by atoms with Crippen molar-refractivity contribution in [2.45, 2.75) is 31.9 Å². The van der Waals surface area contributed by atoms with E-state index in [0.29, 0.717) is 0 Å². The number of ether oxygens (including phenoxy) is 1. The van der Waals surface area contributed by atoms with Crippen molar-refractivity contribution in [2.75, 3.05) is 13.7 Å². The smallest absolute Gasteiger partial charge is 0.405 e. The highest BCUT2D eigenvalue weighted by Crippen LogP contribution is 2.36. The molecule has 2 amide bonds. The van der Waals surface area contributed by atoms with Gasteiger partial charge in [-0.1, -0.05) is 81.4 Å². The third kappa shape index (κ3) is 4.60. The Bertz CT molecular complexity index is 752. The number of hydrogen-bond acceptors (Lipinski definition) is 4. The van der Waals surface area contributed by atoms with Gasteiger partial charge in [-0.3, -0.25) is 4.79 Å². The van der Waals surface area contributed by atoms with E-state index in [2.05, 4.69) is 26.1 Å². The number of carbonyl (C=O) groups is 2. The molecule has 7 heteroatoms. The molecule has 0 unspecified atom stereocenters. The number of nitrogens with one attached hydrogen (secondary N) is 1. The Morgan fingerprint density at radius 1 is 1.00 bits per heavy atom. The maximum atomic E-state index is 12.2. The number of primary amides is 1. The van der Waals surface area contributed by atoms with E-state index in [1.165, 1.54) is 7.05 Å². The van der Waals surface area contributed by atoms with E-state index in [4.69, 9.17) is 14.9 Å². The summed E-state index contributed by atoms with van der Waals surface area (Å²) >= 11 is 0. The molecule has 2 aromatic rings. The summed E-state index contributed by atoms with van der Waals surface area (Å²) in [6, 6.07) is 20.0. The Morgan fingerprint density at radius 2 is 1.46 bits per heavy atom. The van der Waals surface area contributed by atoms with Gasteiger partial charge < -0.3 is 20.2 Å². The van der Waals surface area contributed by atoms with Gasteiger partial charge >= 0.3 is 6.09 Å². The van der Waals surface area contributed by atoms with Crippen LogP contribution in [0.5, 0.6) is 0 Å². The lowest BCUT2D eigenvalue weighted by atomic mass is 10.2. The first-order valence-corrected chi connectivity index (χ1v) is 11.1. The minimum Gasteiger partial charge on any atom is -0.434 e. The predicted molar refractivity (Wildman–Crippen MR) is 112 cm³/mol. The van der Waals surface area contributed by atoms with Crippen LogP contribution in [0.1, 0.15) is 20.8 Å². The highest BCUT2D eigenvalue weighted by atomic mass is 28.4. The van der Waals surface area contributed by atoms with Gasteiger partial charge in [-0.25, -0.2) is 4.79 Å². The monoisotopic (exact) mass is 400 g/mol. The molecular formula is C21H28N2O4Si. The standard InChI is InChI=1S/C21H28N2O4Si/c1-21(2,3)28(16-11-7-5-8-12-16,17-13-9-6-10-14-17)26-15-18(19(24)23-4)27-20(22)25/h5-14,18H,15H2,1-4H3,(H2,22,25)(H,23,24)/t18-/m0/s1. The Morgan fingerprint density at radius 3 is 1.82 bits per heavy atom. The molecule has 0 saturated carbocycles. The van der Waals surface area contributed by atoms with E-state index in [0.717, 1.165) is 10.4 Å². The number of benzene rings is 2. The Kier molecular flexibility index (Phi) is 6.98. The molecule has 0 heterocycles. The van der Waals surface area contributed by atoms with E-state index in [1.807, 2.05) is 60.7 Å². The van der Waals surface area contributed by atoms with Crippen LogP contribution in [0.25, 0.3) is 0 Å². The average molecular weight is 401 g/mol. The first-order chi connectivity index (χ1) is 13.2. The molecule has 150 valence electrons. The third-order valence-electron chi connectivity index (χ3n) is 4.67. The first-order valence-electron chi connectivity index (χ1n) is 9.15. The molecule has 2 rings (SSSR count). The fourth-order valence-electron chi connectivity index (χ4n) is 3.43. The van der Waals surface area contributed by atoms with E-state index >= 15 is 0 Å². The van der Waals surface area contributed by atoms with Gasteiger partial charge in [-0.15, -0.1) is 0 Å². The summed E-state index contributed by atoms with van der Waals surface area (Å²) in [6.45, 7) is 6.30. The van der Waals surface area contributed by atoms with Crippen LogP contribution in [0.3, 0.4) is 0 Å². The van der Waals surface area contributed by atoms with Crippen LogP contribution in [-0.2, 0) is 14.0 Å². The molecule has 28 heavy (non-hydrogen) atoms. The Balaban J connectivity index is 2.55. The molecule has 0 aliphatic rings. The second kappa shape index (κ2) is 9.03. The molecule has 0 fully saturated rings. The second-order valence-corrected chi connectivity index (χ2v) is 11.8. The summed E-state index contributed by atoms with van der Waals surface area (Å²) < 4.78 is 11.6. The van der Waals surface area contributed by atoms with Crippen LogP contribution < -0.4 is 21.4 Å². The van der Waals surface area contributed by atoms with E-state index in [1.54, 1.807) is 0 Å². The summed E-state index contributed by atoms with van der Waals surface area (Å²) in [4.78, 5) is 23.4. The molecule has 6 nitrogen and oxygen atoms in total. The van der Waals surface area contributed by atoms with Crippen LogP contribution in [0.4, 0.5) is 4.79 Å². The molecular weight excluding hydrogens is 372 g/mol. The van der Waals surface area contributed by atoms with Gasteiger partial charge in [0, 0.05) is 7.05 Å². The van der Waals surface area contributed by atoms with Crippen molar-refractivity contribution in [1.29, 1.82) is 0 Å². The van der Waals surface area contributed by atoms with E-state index in [9.17, 15) is 9.59 Å². The van der Waals surface area contributed by atoms with Crippen molar-refractivity contribution in [3.8, 4) is 0 Å². The fourth-order valence-corrected chi connectivity index (χ4v) is 7.98. The van der Waals surface area contributed by atoms with Crippen LogP contribution in [0.15, 0.2) is 60.7 Å². The Labute approximate surface area is 167 Å². The lowest BCUT2D eigenvalue weighted by Crippen LogP contribution is -2.67. The first kappa shape index (κ1) is 21.7. The number of likely N-dealkylation sites (N-methyl/N-ethyl adjacent to an activating group) is 1. The fraction of sp³-hybridized carbons (Fsp3) is 0.333. The maximum Gasteiger partial charge on any atom is 0.405 e. The largest absolute Gasteiger partial charge is 0.434 e. The predicted octanol–water partition coefficient (Wildman–Crippen LogP) is 1.77. The zero-order chi connectivity index (χ0) is 20.8. The van der Waals surface area contributed by atoms with Crippen molar-refractivity contribution >= 4 is 30.7 Å². The molecule has 0 radical (unpaired) electrons. The summed E-state index contributed by atoms with van der Waals surface area (Å²) in [5.41, 5.74) is 5.15. The highest BCUT2D eigenvalue weighted by Gasteiger charge is 2.50. The van der Waals surface area contributed by atoms with Crippen molar-refractivity contribution in [1.82, 2.24) is 5.32 Å². The van der Waals surface area contributed by atoms with Crippen LogP contribution >= 0.6 is 0 Å². The summed E-state index contributed by atoms with van der Waals surface area (Å²) in [5, 5.41) is 4.38. The van der Waals surface area contributed by atoms with Crippen molar-refractivity contribution < 1.29 is 18.8 Å². The van der Waals surface area contributed by atoms with Gasteiger partial charge in [0.05, 0.1) is 6.61 Å². The summed E-state index contributed by atoms with van der Waals surface area (Å²) in [6.07, 6.45) is -2.14. The molecule has 0 saturated heterocycles. The van der Waals surface area contributed by atoms with Crippen molar-refractivity contribution in [3.63, 3.8) is 0 Å². The zero-order valence-corrected chi connectivity index (χ0v) is 17.8. The molecule has 3 N–H and O–H groups in total. The number of nitrogens with two attached hydrogens (primary N) is 1. The lowest BCUT2D eigenvalue weighted by molar-refractivity contribution is -0.130. The normalized spacial score (nSPS) is 12.9. The van der Waals surface area contributed by atoms with Gasteiger partial charge in [0.1, 0.15) is 0 Å². The summed E-state index contributed by atoms with van der Waals surface area (Å²) in [5.74, 6) is -0.461. The number of rotatable bonds is 7. The van der Waals surface area contributed by atoms with Gasteiger partial charge in [-0.2, -0.15) is 0 Å². The number of amides is 2. The minimum absolute atomic E-state index is 0.0874. The Hall–Kier alpha value is -2.64. The second-order valence-electron chi connectivity index (χ2n) is 7.51. The maximum absolute atomic E-state index is 12.2. The van der Waals surface area contributed by atoms with Crippen LogP contribution in [0.2, 0.25) is 5.04 Å². The molecule has 0 aliphatic heterocycles. The van der Waals surface area contributed by atoms with E-state index < -0.39 is 26.4 Å². The average Bonchev–Trinajstić information content (AvgIpc) is 2.67. The third-order valence-corrected chi connectivity index (χ3v) is 9.67. The van der Waals surface area contributed by atoms with Gasteiger partial charge in [-0.05, 0) is 15.4 Å². The molecule has 1 atom stereocenters. The number of carbonyl (C=O) groups excluding carboxylic acids is 2.